The summed E-state index contributed by atoms with van der Waals surface area (Å²) < 4.78 is 54.1. The second-order valence-corrected chi connectivity index (χ2v) is 5.78. The van der Waals surface area contributed by atoms with Gasteiger partial charge in [-0.15, -0.1) is 5.10 Å². The molecule has 0 spiro atoms. The summed E-state index contributed by atoms with van der Waals surface area (Å²) in [5.41, 5.74) is 1.13. The van der Waals surface area contributed by atoms with Crippen LogP contribution in [0.4, 0.5) is 17.6 Å². The van der Waals surface area contributed by atoms with Crippen LogP contribution in [0.3, 0.4) is 0 Å². The highest BCUT2D eigenvalue weighted by Crippen LogP contribution is 2.29. The molecule has 0 unspecified atom stereocenters. The van der Waals surface area contributed by atoms with Gasteiger partial charge in [0, 0.05) is 25.0 Å². The molecule has 0 radical (unpaired) electrons. The van der Waals surface area contributed by atoms with E-state index in [2.05, 4.69) is 25.0 Å². The Morgan fingerprint density at radius 1 is 1.15 bits per heavy atom. The number of fused-ring (bicyclic) bond motifs is 1. The van der Waals surface area contributed by atoms with E-state index in [0.717, 1.165) is 0 Å². The van der Waals surface area contributed by atoms with Gasteiger partial charge in [0.15, 0.2) is 5.82 Å². The molecule has 0 amide bonds. The fourth-order valence-corrected chi connectivity index (χ4v) is 2.64. The van der Waals surface area contributed by atoms with E-state index in [-0.39, 0.29) is 23.6 Å². The van der Waals surface area contributed by atoms with Crippen LogP contribution < -0.4 is 0 Å². The number of aryl methyl sites for hydroxylation is 1. The molecule has 0 bridgehead atoms. The minimum atomic E-state index is -4.67. The summed E-state index contributed by atoms with van der Waals surface area (Å²) in [4.78, 5) is 15.9. The highest BCUT2D eigenvalue weighted by atomic mass is 19.4. The third kappa shape index (κ3) is 3.11. The van der Waals surface area contributed by atoms with Gasteiger partial charge < -0.3 is 0 Å². The van der Waals surface area contributed by atoms with Gasteiger partial charge in [-0.25, -0.2) is 24.3 Å². The Bertz CT molecular complexity index is 1110. The number of H-pyrrole nitrogens is 1. The molecule has 27 heavy (non-hydrogen) atoms. The fraction of sp³-hybridized carbons (Fsp3) is 0.188. The second-order valence-electron chi connectivity index (χ2n) is 5.78. The van der Waals surface area contributed by atoms with Gasteiger partial charge in [-0.05, 0) is 24.6 Å². The van der Waals surface area contributed by atoms with Gasteiger partial charge in [0.05, 0.1) is 5.69 Å². The van der Waals surface area contributed by atoms with Crippen molar-refractivity contribution < 1.29 is 17.6 Å². The van der Waals surface area contributed by atoms with E-state index in [9.17, 15) is 17.6 Å². The average Bonchev–Trinajstić information content (AvgIpc) is 3.22. The fourth-order valence-electron chi connectivity index (χ4n) is 2.64. The van der Waals surface area contributed by atoms with Gasteiger partial charge in [0.2, 0.25) is 11.6 Å². The largest absolute Gasteiger partial charge is 0.451 e. The van der Waals surface area contributed by atoms with Crippen molar-refractivity contribution in [3.8, 4) is 11.6 Å². The lowest BCUT2D eigenvalue weighted by molar-refractivity contribution is -0.144. The first-order valence-corrected chi connectivity index (χ1v) is 7.76. The average molecular weight is 377 g/mol. The summed E-state index contributed by atoms with van der Waals surface area (Å²) in [5.74, 6) is -1.51. The summed E-state index contributed by atoms with van der Waals surface area (Å²) in [7, 11) is 0. The molecule has 0 saturated heterocycles. The number of aromatic amines is 1. The van der Waals surface area contributed by atoms with Crippen molar-refractivity contribution in [2.75, 3.05) is 0 Å². The van der Waals surface area contributed by atoms with Crippen molar-refractivity contribution in [2.45, 2.75) is 19.5 Å². The number of alkyl halides is 3. The lowest BCUT2D eigenvalue weighted by Crippen LogP contribution is -2.07. The normalized spacial score (nSPS) is 12.0. The molecule has 0 fully saturated rings. The number of nitrogens with zero attached hydrogens (tertiary/aromatic N) is 6. The molecule has 4 rings (SSSR count). The molecule has 0 atom stereocenters. The monoisotopic (exact) mass is 377 g/mol. The smallest absolute Gasteiger partial charge is 0.294 e. The van der Waals surface area contributed by atoms with Gasteiger partial charge in [0.1, 0.15) is 17.2 Å². The molecule has 0 aliphatic heterocycles. The summed E-state index contributed by atoms with van der Waals surface area (Å²) in [6.07, 6.45) is 0.178. The summed E-state index contributed by atoms with van der Waals surface area (Å²) in [6.45, 7) is 1.73. The molecule has 7 nitrogen and oxygen atoms in total. The molecule has 0 saturated carbocycles. The van der Waals surface area contributed by atoms with Crippen molar-refractivity contribution in [3.05, 3.63) is 59.4 Å². The van der Waals surface area contributed by atoms with Crippen molar-refractivity contribution in [1.82, 2.24) is 34.5 Å². The van der Waals surface area contributed by atoms with Crippen molar-refractivity contribution >= 4 is 5.52 Å². The van der Waals surface area contributed by atoms with Gasteiger partial charge in [-0.1, -0.05) is 0 Å². The lowest BCUT2D eigenvalue weighted by atomic mass is 10.1. The van der Waals surface area contributed by atoms with Crippen molar-refractivity contribution in [1.29, 1.82) is 0 Å². The number of halogens is 4. The first-order valence-electron chi connectivity index (χ1n) is 7.76. The number of imidazole rings is 1. The number of aromatic nitrogens is 7. The Hall–Kier alpha value is -3.37. The first-order chi connectivity index (χ1) is 12.8. The standard InChI is InChI=1S/C16H11F4N7/c1-8-21-6-9(7-22-8)5-11-12-10(17)3-2-4-27(12)14(23-11)13-24-15(26-25-13)16(18,19)20/h2-4,6-7H,5H2,1H3,(H,24,25,26). The predicted octanol–water partition coefficient (Wildman–Crippen LogP) is 2.97. The first kappa shape index (κ1) is 17.1. The quantitative estimate of drug-likeness (QED) is 0.555. The van der Waals surface area contributed by atoms with Crippen LogP contribution in [0.15, 0.2) is 30.7 Å². The van der Waals surface area contributed by atoms with Crippen LogP contribution in [-0.2, 0) is 12.6 Å². The number of hydrogen-bond acceptors (Lipinski definition) is 5. The van der Waals surface area contributed by atoms with E-state index in [1.165, 1.54) is 22.7 Å². The van der Waals surface area contributed by atoms with Crippen molar-refractivity contribution in [2.24, 2.45) is 0 Å². The van der Waals surface area contributed by atoms with Gasteiger partial charge >= 0.3 is 6.18 Å². The minimum Gasteiger partial charge on any atom is -0.294 e. The zero-order valence-corrected chi connectivity index (χ0v) is 13.8. The highest BCUT2D eigenvalue weighted by Gasteiger charge is 2.36. The van der Waals surface area contributed by atoms with E-state index >= 15 is 0 Å². The molecule has 4 aromatic heterocycles. The van der Waals surface area contributed by atoms with Crippen LogP contribution >= 0.6 is 0 Å². The summed E-state index contributed by atoms with van der Waals surface area (Å²) in [5, 5.41) is 5.41. The molecule has 1 N–H and O–H groups in total. The van der Waals surface area contributed by atoms with Crippen LogP contribution in [0.5, 0.6) is 0 Å². The maximum atomic E-state index is 14.4. The molecular formula is C16H11F4N7. The lowest BCUT2D eigenvalue weighted by Gasteiger charge is -2.01. The van der Waals surface area contributed by atoms with Crippen LogP contribution in [0.25, 0.3) is 17.2 Å². The van der Waals surface area contributed by atoms with E-state index in [4.69, 9.17) is 0 Å². The number of hydrogen-bond donors (Lipinski definition) is 1. The van der Waals surface area contributed by atoms with Crippen LogP contribution in [0, 0.1) is 12.7 Å². The van der Waals surface area contributed by atoms with E-state index < -0.39 is 17.8 Å². The van der Waals surface area contributed by atoms with Gasteiger partial charge in [-0.3, -0.25) is 9.50 Å². The van der Waals surface area contributed by atoms with Crippen LogP contribution in [0.2, 0.25) is 0 Å². The predicted molar refractivity (Wildman–Crippen MR) is 85.1 cm³/mol. The van der Waals surface area contributed by atoms with Crippen LogP contribution in [-0.4, -0.2) is 34.5 Å². The Morgan fingerprint density at radius 2 is 1.89 bits per heavy atom. The Balaban J connectivity index is 1.84. The summed E-state index contributed by atoms with van der Waals surface area (Å²) in [6, 6.07) is 2.67. The zero-order valence-electron chi connectivity index (χ0n) is 13.8. The molecule has 138 valence electrons. The molecule has 0 aliphatic carbocycles. The summed E-state index contributed by atoms with van der Waals surface area (Å²) >= 11 is 0. The van der Waals surface area contributed by atoms with Crippen molar-refractivity contribution in [3.63, 3.8) is 0 Å². The molecule has 4 aromatic rings. The Kier molecular flexibility index (Phi) is 3.86. The van der Waals surface area contributed by atoms with Crippen LogP contribution in [0.1, 0.15) is 22.9 Å². The Labute approximate surface area is 149 Å². The Morgan fingerprint density at radius 3 is 2.56 bits per heavy atom. The molecule has 0 aromatic carbocycles. The SMILES string of the molecule is Cc1ncc(Cc2nc(-c3n[nH]c(C(F)(F)F)n3)n3cccc(F)c23)cn1. The van der Waals surface area contributed by atoms with E-state index in [1.807, 2.05) is 5.10 Å². The molecule has 11 heteroatoms. The maximum Gasteiger partial charge on any atom is 0.451 e. The molecular weight excluding hydrogens is 366 g/mol. The number of nitrogens with one attached hydrogen (secondary N) is 1. The third-order valence-electron chi connectivity index (χ3n) is 3.85. The van der Waals surface area contributed by atoms with E-state index in [1.54, 1.807) is 19.3 Å². The number of rotatable bonds is 3. The number of pyridine rings is 1. The zero-order chi connectivity index (χ0) is 19.2. The molecule has 0 aliphatic rings. The van der Waals surface area contributed by atoms with Gasteiger partial charge in [-0.2, -0.15) is 13.2 Å². The maximum absolute atomic E-state index is 14.4. The van der Waals surface area contributed by atoms with Gasteiger partial charge in [0.25, 0.3) is 0 Å². The topological polar surface area (TPSA) is 84.6 Å². The minimum absolute atomic E-state index is 0.000667. The highest BCUT2D eigenvalue weighted by molar-refractivity contribution is 5.63. The molecule has 4 heterocycles. The van der Waals surface area contributed by atoms with E-state index in [0.29, 0.717) is 17.1 Å². The third-order valence-corrected chi connectivity index (χ3v) is 3.85. The second kappa shape index (κ2) is 6.11.